The van der Waals surface area contributed by atoms with Crippen molar-refractivity contribution in [2.45, 2.75) is 0 Å². The molecule has 0 unspecified atom stereocenters. The number of fused-ring (bicyclic) bond motifs is 1. The topological polar surface area (TPSA) is 60.5 Å². The Morgan fingerprint density at radius 2 is 1.91 bits per heavy atom. The molecule has 0 atom stereocenters. The smallest absolute Gasteiger partial charge is 0.255 e. The number of amides is 1. The SMILES string of the molecule is O=C(Nc1ccc(-c2nccs2)cc1)c1ccc2c(c1)OCO2. The van der Waals surface area contributed by atoms with E-state index in [1.165, 1.54) is 0 Å². The highest BCUT2D eigenvalue weighted by atomic mass is 32.1. The van der Waals surface area contributed by atoms with E-state index in [1.54, 1.807) is 35.7 Å². The summed E-state index contributed by atoms with van der Waals surface area (Å²) in [6.45, 7) is 0.193. The van der Waals surface area contributed by atoms with E-state index in [2.05, 4.69) is 10.3 Å². The van der Waals surface area contributed by atoms with Gasteiger partial charge in [0.2, 0.25) is 6.79 Å². The van der Waals surface area contributed by atoms with Crippen LogP contribution in [0.4, 0.5) is 5.69 Å². The molecule has 6 heteroatoms. The Morgan fingerprint density at radius 1 is 1.09 bits per heavy atom. The van der Waals surface area contributed by atoms with Gasteiger partial charge < -0.3 is 14.8 Å². The molecule has 0 fully saturated rings. The quantitative estimate of drug-likeness (QED) is 0.796. The highest BCUT2D eigenvalue weighted by Crippen LogP contribution is 2.32. The predicted octanol–water partition coefficient (Wildman–Crippen LogP) is 3.79. The summed E-state index contributed by atoms with van der Waals surface area (Å²) in [7, 11) is 0. The Morgan fingerprint density at radius 3 is 2.70 bits per heavy atom. The van der Waals surface area contributed by atoms with Crippen molar-refractivity contribution >= 4 is 22.9 Å². The van der Waals surface area contributed by atoms with Crippen molar-refractivity contribution in [1.82, 2.24) is 4.98 Å². The van der Waals surface area contributed by atoms with Crippen molar-refractivity contribution < 1.29 is 14.3 Å². The minimum absolute atomic E-state index is 0.190. The number of aromatic nitrogens is 1. The van der Waals surface area contributed by atoms with E-state index in [1.807, 2.05) is 29.6 Å². The summed E-state index contributed by atoms with van der Waals surface area (Å²) in [5.74, 6) is 1.07. The number of nitrogens with one attached hydrogen (secondary N) is 1. The fraction of sp³-hybridized carbons (Fsp3) is 0.0588. The van der Waals surface area contributed by atoms with E-state index in [0.29, 0.717) is 17.1 Å². The third-order valence-corrected chi connectivity index (χ3v) is 4.28. The molecule has 1 aliphatic rings. The minimum atomic E-state index is -0.190. The third kappa shape index (κ3) is 2.76. The second-order valence-corrected chi connectivity index (χ2v) is 5.83. The van der Waals surface area contributed by atoms with Crippen LogP contribution >= 0.6 is 11.3 Å². The maximum absolute atomic E-state index is 12.3. The summed E-state index contributed by atoms with van der Waals surface area (Å²) >= 11 is 1.58. The van der Waals surface area contributed by atoms with Gasteiger partial charge in [-0.2, -0.15) is 0 Å². The lowest BCUT2D eigenvalue weighted by molar-refractivity contribution is 0.102. The Balaban J connectivity index is 1.50. The van der Waals surface area contributed by atoms with Gasteiger partial charge in [-0.15, -0.1) is 11.3 Å². The standard InChI is InChI=1S/C17H12N2O3S/c20-16(12-3-6-14-15(9-12)22-10-21-14)19-13-4-1-11(2-5-13)17-18-7-8-23-17/h1-9H,10H2,(H,19,20). The summed E-state index contributed by atoms with van der Waals surface area (Å²) in [6, 6.07) is 12.7. The first-order chi connectivity index (χ1) is 11.3. The molecule has 2 heterocycles. The lowest BCUT2D eigenvalue weighted by Crippen LogP contribution is -2.11. The number of hydrogen-bond donors (Lipinski definition) is 1. The van der Waals surface area contributed by atoms with Gasteiger partial charge in [-0.1, -0.05) is 0 Å². The minimum Gasteiger partial charge on any atom is -0.454 e. The molecule has 114 valence electrons. The Labute approximate surface area is 136 Å². The lowest BCUT2D eigenvalue weighted by Gasteiger charge is -2.06. The highest BCUT2D eigenvalue weighted by Gasteiger charge is 2.16. The van der Waals surface area contributed by atoms with Crippen molar-refractivity contribution in [3.8, 4) is 22.1 Å². The fourth-order valence-electron chi connectivity index (χ4n) is 2.30. The molecule has 5 nitrogen and oxygen atoms in total. The maximum atomic E-state index is 12.3. The van der Waals surface area contributed by atoms with Gasteiger partial charge in [-0.25, -0.2) is 4.98 Å². The number of carbonyl (C=O) groups is 1. The molecule has 0 radical (unpaired) electrons. The molecule has 1 amide bonds. The molecule has 2 aromatic carbocycles. The van der Waals surface area contributed by atoms with Gasteiger partial charge in [0.1, 0.15) is 5.01 Å². The van der Waals surface area contributed by atoms with Gasteiger partial charge in [0.05, 0.1) is 0 Å². The molecule has 0 aliphatic carbocycles. The second-order valence-electron chi connectivity index (χ2n) is 4.94. The van der Waals surface area contributed by atoms with Gasteiger partial charge in [0.25, 0.3) is 5.91 Å². The van der Waals surface area contributed by atoms with Crippen LogP contribution in [0.3, 0.4) is 0 Å². The molecular formula is C17H12N2O3S. The largest absolute Gasteiger partial charge is 0.454 e. The van der Waals surface area contributed by atoms with Crippen LogP contribution in [-0.2, 0) is 0 Å². The molecule has 4 rings (SSSR count). The Kier molecular flexibility index (Phi) is 3.44. The molecule has 1 N–H and O–H groups in total. The van der Waals surface area contributed by atoms with Crippen LogP contribution in [0.15, 0.2) is 54.0 Å². The van der Waals surface area contributed by atoms with E-state index in [9.17, 15) is 4.79 Å². The van der Waals surface area contributed by atoms with E-state index in [4.69, 9.17) is 9.47 Å². The van der Waals surface area contributed by atoms with Crippen molar-refractivity contribution in [1.29, 1.82) is 0 Å². The van der Waals surface area contributed by atoms with Gasteiger partial charge in [0, 0.05) is 28.4 Å². The summed E-state index contributed by atoms with van der Waals surface area (Å²) in [6.07, 6.45) is 1.77. The van der Waals surface area contributed by atoms with Crippen molar-refractivity contribution in [2.24, 2.45) is 0 Å². The zero-order valence-corrected chi connectivity index (χ0v) is 12.8. The number of nitrogens with zero attached hydrogens (tertiary/aromatic N) is 1. The van der Waals surface area contributed by atoms with E-state index < -0.39 is 0 Å². The van der Waals surface area contributed by atoms with Crippen LogP contribution in [0.5, 0.6) is 11.5 Å². The number of benzene rings is 2. The van der Waals surface area contributed by atoms with E-state index >= 15 is 0 Å². The van der Waals surface area contributed by atoms with Crippen LogP contribution < -0.4 is 14.8 Å². The van der Waals surface area contributed by atoms with Gasteiger partial charge in [-0.3, -0.25) is 4.79 Å². The molecule has 0 bridgehead atoms. The number of ether oxygens (including phenoxy) is 2. The first-order valence-corrected chi connectivity index (χ1v) is 7.88. The third-order valence-electron chi connectivity index (χ3n) is 3.46. The van der Waals surface area contributed by atoms with Crippen LogP contribution in [0.2, 0.25) is 0 Å². The number of carbonyl (C=O) groups excluding carboxylic acids is 1. The van der Waals surface area contributed by atoms with E-state index in [-0.39, 0.29) is 12.7 Å². The molecule has 1 aromatic heterocycles. The molecular weight excluding hydrogens is 312 g/mol. The number of thiazole rings is 1. The molecule has 0 saturated heterocycles. The first-order valence-electron chi connectivity index (χ1n) is 7.00. The van der Waals surface area contributed by atoms with Crippen molar-refractivity contribution in [3.63, 3.8) is 0 Å². The van der Waals surface area contributed by atoms with Crippen molar-refractivity contribution in [2.75, 3.05) is 12.1 Å². The zero-order valence-electron chi connectivity index (χ0n) is 12.0. The average Bonchev–Trinajstić information content (AvgIpc) is 3.26. The molecule has 23 heavy (non-hydrogen) atoms. The highest BCUT2D eigenvalue weighted by molar-refractivity contribution is 7.13. The van der Waals surface area contributed by atoms with Gasteiger partial charge >= 0.3 is 0 Å². The van der Waals surface area contributed by atoms with Gasteiger partial charge in [0.15, 0.2) is 11.5 Å². The second kappa shape index (κ2) is 5.73. The molecule has 0 spiro atoms. The summed E-state index contributed by atoms with van der Waals surface area (Å²) in [5, 5.41) is 5.76. The molecule has 3 aromatic rings. The Hall–Kier alpha value is -2.86. The van der Waals surface area contributed by atoms with Crippen LogP contribution in [0.1, 0.15) is 10.4 Å². The zero-order chi connectivity index (χ0) is 15.6. The lowest BCUT2D eigenvalue weighted by atomic mass is 10.1. The van der Waals surface area contributed by atoms with Crippen LogP contribution in [0.25, 0.3) is 10.6 Å². The maximum Gasteiger partial charge on any atom is 0.255 e. The van der Waals surface area contributed by atoms with Crippen LogP contribution in [0, 0.1) is 0 Å². The Bertz CT molecular complexity index is 845. The number of hydrogen-bond acceptors (Lipinski definition) is 5. The molecule has 1 aliphatic heterocycles. The van der Waals surface area contributed by atoms with E-state index in [0.717, 1.165) is 16.3 Å². The number of anilines is 1. The molecule has 0 saturated carbocycles. The summed E-state index contributed by atoms with van der Waals surface area (Å²) in [5.41, 5.74) is 2.28. The van der Waals surface area contributed by atoms with Crippen LogP contribution in [-0.4, -0.2) is 17.7 Å². The normalized spacial score (nSPS) is 12.2. The first kappa shape index (κ1) is 13.8. The van der Waals surface area contributed by atoms with Crippen molar-refractivity contribution in [3.05, 3.63) is 59.6 Å². The fourth-order valence-corrected chi connectivity index (χ4v) is 2.95. The predicted molar refractivity (Wildman–Crippen MR) is 88.1 cm³/mol. The monoisotopic (exact) mass is 324 g/mol. The summed E-state index contributed by atoms with van der Waals surface area (Å²) in [4.78, 5) is 16.6. The number of rotatable bonds is 3. The average molecular weight is 324 g/mol. The summed E-state index contributed by atoms with van der Waals surface area (Å²) < 4.78 is 10.5. The van der Waals surface area contributed by atoms with Gasteiger partial charge in [-0.05, 0) is 42.5 Å².